The van der Waals surface area contributed by atoms with Gasteiger partial charge in [-0.25, -0.2) is 9.82 Å². The van der Waals surface area contributed by atoms with Crippen molar-refractivity contribution in [2.45, 2.75) is 6.04 Å². The highest BCUT2D eigenvalue weighted by Gasteiger charge is 2.18. The van der Waals surface area contributed by atoms with E-state index in [0.717, 1.165) is 4.47 Å². The van der Waals surface area contributed by atoms with Crippen LogP contribution in [0.25, 0.3) is 0 Å². The van der Waals surface area contributed by atoms with E-state index < -0.39 is 0 Å². The minimum Gasteiger partial charge on any atom is -0.466 e. The third kappa shape index (κ3) is 2.16. The number of hydrogen-bond acceptors (Lipinski definition) is 3. The van der Waals surface area contributed by atoms with Crippen LogP contribution in [0.15, 0.2) is 45.5 Å². The molecule has 0 saturated carbocycles. The lowest BCUT2D eigenvalue weighted by Crippen LogP contribution is -2.28. The lowest BCUT2D eigenvalue weighted by molar-refractivity contribution is 0.448. The Kier molecular flexibility index (Phi) is 3.38. The molecule has 0 bridgehead atoms. The number of nitrogens with two attached hydrogens (primary N) is 1. The second-order valence-electron chi connectivity index (χ2n) is 3.29. The molecule has 0 aliphatic heterocycles. The summed E-state index contributed by atoms with van der Waals surface area (Å²) in [6.07, 6.45) is 1.54. The molecule has 84 valence electrons. The third-order valence-corrected chi connectivity index (χ3v) is 2.91. The number of furan rings is 1. The van der Waals surface area contributed by atoms with E-state index in [1.807, 2.05) is 0 Å². The van der Waals surface area contributed by atoms with Gasteiger partial charge in [0.1, 0.15) is 17.6 Å². The summed E-state index contributed by atoms with van der Waals surface area (Å²) in [6.45, 7) is 0. The van der Waals surface area contributed by atoms with Gasteiger partial charge in [0.15, 0.2) is 0 Å². The second-order valence-corrected chi connectivity index (χ2v) is 4.14. The van der Waals surface area contributed by atoms with Crippen LogP contribution >= 0.6 is 15.9 Å². The summed E-state index contributed by atoms with van der Waals surface area (Å²) in [5.74, 6) is 5.78. The summed E-state index contributed by atoms with van der Waals surface area (Å²) in [5, 5.41) is 0. The topological polar surface area (TPSA) is 51.2 Å². The van der Waals surface area contributed by atoms with Crippen LogP contribution < -0.4 is 11.3 Å². The average molecular weight is 285 g/mol. The second kappa shape index (κ2) is 4.78. The van der Waals surface area contributed by atoms with Crippen molar-refractivity contribution in [2.75, 3.05) is 0 Å². The summed E-state index contributed by atoms with van der Waals surface area (Å²) in [4.78, 5) is 0. The van der Waals surface area contributed by atoms with E-state index in [-0.39, 0.29) is 11.9 Å². The van der Waals surface area contributed by atoms with Crippen molar-refractivity contribution in [2.24, 2.45) is 5.84 Å². The van der Waals surface area contributed by atoms with Crippen molar-refractivity contribution in [1.29, 1.82) is 0 Å². The number of nitrogens with one attached hydrogen (secondary N) is 1. The van der Waals surface area contributed by atoms with Gasteiger partial charge < -0.3 is 4.42 Å². The summed E-state index contributed by atoms with van der Waals surface area (Å²) in [5.41, 5.74) is 3.31. The van der Waals surface area contributed by atoms with Gasteiger partial charge in [-0.3, -0.25) is 5.84 Å². The van der Waals surface area contributed by atoms with Crippen molar-refractivity contribution in [3.05, 3.63) is 58.2 Å². The van der Waals surface area contributed by atoms with Crippen molar-refractivity contribution in [3.8, 4) is 0 Å². The molecule has 0 saturated heterocycles. The Morgan fingerprint density at radius 1 is 1.38 bits per heavy atom. The predicted octanol–water partition coefficient (Wildman–Crippen LogP) is 2.73. The molecule has 16 heavy (non-hydrogen) atoms. The Bertz CT molecular complexity index is 486. The molecule has 1 aromatic carbocycles. The van der Waals surface area contributed by atoms with Gasteiger partial charge in [0.25, 0.3) is 0 Å². The Hall–Kier alpha value is -1.17. The molecular formula is C11H10BrFN2O. The minimum absolute atomic E-state index is 0.305. The fraction of sp³-hybridized carbons (Fsp3) is 0.0909. The molecule has 0 aliphatic carbocycles. The quantitative estimate of drug-likeness (QED) is 0.673. The first kappa shape index (κ1) is 11.3. The molecule has 0 fully saturated rings. The van der Waals surface area contributed by atoms with Crippen LogP contribution in [0, 0.1) is 5.82 Å². The highest BCUT2D eigenvalue weighted by Crippen LogP contribution is 2.29. The van der Waals surface area contributed by atoms with Crippen LogP contribution in [-0.4, -0.2) is 0 Å². The Morgan fingerprint density at radius 3 is 2.75 bits per heavy atom. The predicted molar refractivity (Wildman–Crippen MR) is 62.0 cm³/mol. The molecule has 2 aromatic rings. The maximum Gasteiger partial charge on any atom is 0.140 e. The van der Waals surface area contributed by atoms with E-state index in [1.54, 1.807) is 24.5 Å². The normalized spacial score (nSPS) is 12.7. The van der Waals surface area contributed by atoms with Crippen LogP contribution in [0.1, 0.15) is 17.4 Å². The number of rotatable bonds is 3. The molecule has 1 unspecified atom stereocenters. The van der Waals surface area contributed by atoms with Gasteiger partial charge >= 0.3 is 0 Å². The summed E-state index contributed by atoms with van der Waals surface area (Å²) >= 11 is 3.34. The van der Waals surface area contributed by atoms with E-state index in [9.17, 15) is 4.39 Å². The molecule has 0 spiro atoms. The van der Waals surface area contributed by atoms with Gasteiger partial charge in [0, 0.05) is 0 Å². The largest absolute Gasteiger partial charge is 0.466 e. The summed E-state index contributed by atoms with van der Waals surface area (Å²) < 4.78 is 19.2. The van der Waals surface area contributed by atoms with E-state index in [4.69, 9.17) is 10.3 Å². The molecule has 0 aliphatic rings. The van der Waals surface area contributed by atoms with Crippen LogP contribution in [0.2, 0.25) is 0 Å². The van der Waals surface area contributed by atoms with Crippen molar-refractivity contribution in [1.82, 2.24) is 5.43 Å². The zero-order valence-corrected chi connectivity index (χ0v) is 9.87. The van der Waals surface area contributed by atoms with Crippen LogP contribution in [0.3, 0.4) is 0 Å². The van der Waals surface area contributed by atoms with Gasteiger partial charge in [-0.2, -0.15) is 0 Å². The molecule has 0 radical (unpaired) electrons. The lowest BCUT2D eigenvalue weighted by atomic mass is 10.1. The maximum absolute atomic E-state index is 13.1. The minimum atomic E-state index is -0.375. The fourth-order valence-corrected chi connectivity index (χ4v) is 1.95. The van der Waals surface area contributed by atoms with Crippen LogP contribution in [0.5, 0.6) is 0 Å². The molecule has 3 nitrogen and oxygen atoms in total. The summed E-state index contributed by atoms with van der Waals surface area (Å²) in [6, 6.07) is 7.60. The standard InChI is InChI=1S/C11H10BrFN2O/c12-9-4-5-16-11(9)10(15-14)7-2-1-3-8(13)6-7/h1-6,10,15H,14H2. The molecule has 2 rings (SSSR count). The SMILES string of the molecule is NNC(c1cccc(F)c1)c1occc1Br. The van der Waals surface area contributed by atoms with Gasteiger partial charge in [-0.05, 0) is 39.7 Å². The third-order valence-electron chi connectivity index (χ3n) is 2.26. The molecule has 0 amide bonds. The van der Waals surface area contributed by atoms with Gasteiger partial charge in [-0.15, -0.1) is 0 Å². The molecule has 1 atom stereocenters. The van der Waals surface area contributed by atoms with Crippen molar-refractivity contribution in [3.63, 3.8) is 0 Å². The van der Waals surface area contributed by atoms with Gasteiger partial charge in [-0.1, -0.05) is 12.1 Å². The van der Waals surface area contributed by atoms with Crippen molar-refractivity contribution < 1.29 is 8.81 Å². The Labute approximate surface area is 101 Å². The first-order valence-electron chi connectivity index (χ1n) is 4.67. The molecule has 3 N–H and O–H groups in total. The summed E-state index contributed by atoms with van der Waals surface area (Å²) in [7, 11) is 0. The zero-order valence-electron chi connectivity index (χ0n) is 8.28. The van der Waals surface area contributed by atoms with Gasteiger partial charge in [0.2, 0.25) is 0 Å². The first-order chi connectivity index (χ1) is 7.72. The van der Waals surface area contributed by atoms with E-state index in [0.29, 0.717) is 11.3 Å². The van der Waals surface area contributed by atoms with Gasteiger partial charge in [0.05, 0.1) is 10.7 Å². The van der Waals surface area contributed by atoms with E-state index in [2.05, 4.69) is 21.4 Å². The Balaban J connectivity index is 2.40. The molecule has 1 aromatic heterocycles. The fourth-order valence-electron chi connectivity index (χ4n) is 1.52. The van der Waals surface area contributed by atoms with E-state index in [1.165, 1.54) is 12.1 Å². The monoisotopic (exact) mass is 284 g/mol. The van der Waals surface area contributed by atoms with Crippen LogP contribution in [-0.2, 0) is 0 Å². The smallest absolute Gasteiger partial charge is 0.140 e. The lowest BCUT2D eigenvalue weighted by Gasteiger charge is -2.14. The zero-order chi connectivity index (χ0) is 11.5. The molecule has 5 heteroatoms. The number of hydrogen-bond donors (Lipinski definition) is 2. The number of benzene rings is 1. The maximum atomic E-state index is 13.1. The van der Waals surface area contributed by atoms with Crippen molar-refractivity contribution >= 4 is 15.9 Å². The molecular weight excluding hydrogens is 275 g/mol. The van der Waals surface area contributed by atoms with E-state index >= 15 is 0 Å². The van der Waals surface area contributed by atoms with Crippen LogP contribution in [0.4, 0.5) is 4.39 Å². The first-order valence-corrected chi connectivity index (χ1v) is 5.46. The highest BCUT2D eigenvalue weighted by molar-refractivity contribution is 9.10. The number of halogens is 2. The Morgan fingerprint density at radius 2 is 2.19 bits per heavy atom. The molecule has 1 heterocycles. The number of hydrazine groups is 1. The average Bonchev–Trinajstić information content (AvgIpc) is 2.67. The highest BCUT2D eigenvalue weighted by atomic mass is 79.9.